The number of fused-ring (bicyclic) bond motifs is 3. The van der Waals surface area contributed by atoms with E-state index in [2.05, 4.69) is 31.1 Å². The predicted octanol–water partition coefficient (Wildman–Crippen LogP) is 5.49. The molecule has 11 heteroatoms. The molecule has 3 aliphatic heterocycles. The molecule has 2 saturated heterocycles. The van der Waals surface area contributed by atoms with Crippen LogP contribution in [0.1, 0.15) is 44.1 Å². The maximum absolute atomic E-state index is 16.7. The Morgan fingerprint density at radius 3 is 2.91 bits per heavy atom. The number of anilines is 1. The minimum Gasteiger partial charge on any atom is -0.508 e. The normalized spacial score (nSPS) is 26.0. The second-order valence-electron chi connectivity index (χ2n) is 12.0. The van der Waals surface area contributed by atoms with Crippen LogP contribution in [-0.2, 0) is 0 Å². The molecule has 43 heavy (non-hydrogen) atoms. The summed E-state index contributed by atoms with van der Waals surface area (Å²) in [5.74, 6) is 1.18. The number of aromatic nitrogens is 3. The number of pyridine rings is 1. The highest BCUT2D eigenvalue weighted by molar-refractivity contribution is 6.04. The van der Waals surface area contributed by atoms with Gasteiger partial charge in [-0.25, -0.2) is 18.2 Å². The first-order valence-electron chi connectivity index (χ1n) is 14.6. The minimum absolute atomic E-state index is 0.0481. The van der Waals surface area contributed by atoms with Gasteiger partial charge in [0, 0.05) is 23.9 Å². The van der Waals surface area contributed by atoms with E-state index in [1.165, 1.54) is 24.3 Å². The van der Waals surface area contributed by atoms with Crippen LogP contribution >= 0.6 is 0 Å². The Morgan fingerprint density at radius 2 is 2.05 bits per heavy atom. The van der Waals surface area contributed by atoms with Crippen molar-refractivity contribution >= 4 is 27.5 Å². The van der Waals surface area contributed by atoms with E-state index in [0.29, 0.717) is 24.2 Å². The van der Waals surface area contributed by atoms with Crippen LogP contribution < -0.4 is 14.8 Å². The van der Waals surface area contributed by atoms with Crippen LogP contribution in [-0.4, -0.2) is 68.5 Å². The standard InChI is InChI=1S/C32H28F3N5O3/c1-2-19-21(34)8-7-16-11-18(41)12-20(24(16)19)27-26(35)28-25-29(36-22-5-3-6-23(22)43-30(25)37-27)39-31(38-28)42-15-32-9-4-10-40(32)14-17(33)13-32/h1,7-8,11-12,17,22-23,41H,3-6,9-10,13-15H2,(H,36,38,39)/t17-,22+,23-,32+/m1/s1. The monoisotopic (exact) mass is 587 g/mol. The number of phenolic OH excluding ortho intramolecular Hbond substituents is 1. The Balaban J connectivity index is 1.32. The van der Waals surface area contributed by atoms with Gasteiger partial charge in [0.15, 0.2) is 5.82 Å². The quantitative estimate of drug-likeness (QED) is 0.303. The molecule has 220 valence electrons. The summed E-state index contributed by atoms with van der Waals surface area (Å²) in [6.45, 7) is 1.36. The van der Waals surface area contributed by atoms with Crippen molar-refractivity contribution in [3.63, 3.8) is 0 Å². The number of hydrogen-bond acceptors (Lipinski definition) is 8. The van der Waals surface area contributed by atoms with Crippen molar-refractivity contribution in [2.75, 3.05) is 25.0 Å². The van der Waals surface area contributed by atoms with Gasteiger partial charge in [-0.05, 0) is 62.2 Å². The van der Waals surface area contributed by atoms with Crippen molar-refractivity contribution in [3.05, 3.63) is 41.5 Å². The van der Waals surface area contributed by atoms with Crippen LogP contribution in [0.2, 0.25) is 0 Å². The maximum atomic E-state index is 16.7. The Kier molecular flexibility index (Phi) is 5.88. The fourth-order valence-electron chi connectivity index (χ4n) is 7.50. The van der Waals surface area contributed by atoms with Crippen LogP contribution in [0.3, 0.4) is 0 Å². The summed E-state index contributed by atoms with van der Waals surface area (Å²) in [6, 6.07) is 5.28. The van der Waals surface area contributed by atoms with Gasteiger partial charge < -0.3 is 19.9 Å². The van der Waals surface area contributed by atoms with Crippen molar-refractivity contribution in [2.45, 2.75) is 62.4 Å². The van der Waals surface area contributed by atoms with Gasteiger partial charge in [0.25, 0.3) is 0 Å². The van der Waals surface area contributed by atoms with Gasteiger partial charge >= 0.3 is 6.01 Å². The van der Waals surface area contributed by atoms with E-state index in [0.717, 1.165) is 38.6 Å². The highest BCUT2D eigenvalue weighted by atomic mass is 19.1. The van der Waals surface area contributed by atoms with E-state index in [-0.39, 0.29) is 69.5 Å². The lowest BCUT2D eigenvalue weighted by Crippen LogP contribution is -2.43. The zero-order valence-corrected chi connectivity index (χ0v) is 23.2. The first-order valence-corrected chi connectivity index (χ1v) is 14.6. The molecule has 2 aromatic carbocycles. The Morgan fingerprint density at radius 1 is 1.16 bits per heavy atom. The number of nitrogens with one attached hydrogen (secondary N) is 1. The van der Waals surface area contributed by atoms with Crippen LogP contribution in [0.4, 0.5) is 19.0 Å². The molecule has 2 N–H and O–H groups in total. The highest BCUT2D eigenvalue weighted by Gasteiger charge is 2.49. The number of aromatic hydroxyl groups is 1. The summed E-state index contributed by atoms with van der Waals surface area (Å²) in [7, 11) is 0. The second kappa shape index (κ2) is 9.61. The average Bonchev–Trinajstić information content (AvgIpc) is 3.64. The molecule has 4 aliphatic rings. The molecule has 1 aliphatic carbocycles. The molecular weight excluding hydrogens is 559 g/mol. The van der Waals surface area contributed by atoms with Gasteiger partial charge in [0.1, 0.15) is 52.9 Å². The van der Waals surface area contributed by atoms with Gasteiger partial charge in [-0.3, -0.25) is 4.90 Å². The van der Waals surface area contributed by atoms with E-state index >= 15 is 4.39 Å². The number of ether oxygens (including phenoxy) is 2. The number of phenols is 1. The summed E-state index contributed by atoms with van der Waals surface area (Å²) in [5.41, 5.74) is -0.715. The number of alkyl halides is 1. The van der Waals surface area contributed by atoms with Crippen LogP contribution in [0, 0.1) is 24.0 Å². The molecule has 4 aromatic rings. The zero-order valence-electron chi connectivity index (χ0n) is 23.2. The molecule has 4 atom stereocenters. The van der Waals surface area contributed by atoms with Crippen molar-refractivity contribution in [3.8, 4) is 41.2 Å². The van der Waals surface area contributed by atoms with E-state index in [9.17, 15) is 13.9 Å². The van der Waals surface area contributed by atoms with Gasteiger partial charge in [0.05, 0.1) is 17.1 Å². The number of terminal acetylenes is 1. The first-order chi connectivity index (χ1) is 20.8. The maximum Gasteiger partial charge on any atom is 0.319 e. The summed E-state index contributed by atoms with van der Waals surface area (Å²) in [5, 5.41) is 14.9. The first kappa shape index (κ1) is 26.3. The van der Waals surface area contributed by atoms with Gasteiger partial charge in [0.2, 0.25) is 5.88 Å². The predicted molar refractivity (Wildman–Crippen MR) is 154 cm³/mol. The molecule has 0 bridgehead atoms. The molecule has 0 spiro atoms. The Hall–Kier alpha value is -4.30. The van der Waals surface area contributed by atoms with Crippen molar-refractivity contribution in [2.24, 2.45) is 0 Å². The van der Waals surface area contributed by atoms with Crippen molar-refractivity contribution in [1.82, 2.24) is 19.9 Å². The van der Waals surface area contributed by atoms with E-state index < -0.39 is 23.3 Å². The lowest BCUT2D eigenvalue weighted by Gasteiger charge is -2.30. The number of nitrogens with zero attached hydrogens (tertiary/aromatic N) is 4. The lowest BCUT2D eigenvalue weighted by molar-refractivity contribution is 0.107. The molecule has 0 unspecified atom stereocenters. The Bertz CT molecular complexity index is 1860. The van der Waals surface area contributed by atoms with Crippen LogP contribution in [0.25, 0.3) is 32.9 Å². The van der Waals surface area contributed by atoms with E-state index in [4.69, 9.17) is 15.9 Å². The molecule has 5 heterocycles. The fraction of sp³-hybridized carbons (Fsp3) is 0.406. The number of halogens is 3. The summed E-state index contributed by atoms with van der Waals surface area (Å²) >= 11 is 0. The zero-order chi connectivity index (χ0) is 29.5. The summed E-state index contributed by atoms with van der Waals surface area (Å²) in [6.07, 6.45) is 9.16. The molecule has 0 amide bonds. The third-order valence-electron chi connectivity index (χ3n) is 9.45. The SMILES string of the molecule is C#Cc1c(F)ccc2cc(O)cc(-c3nc4c5c(nc(OC[C@@]67CCCN6C[C@H](F)C7)nc5c3F)N[C@H]3CCC[C@H]3O4)c12. The fourth-order valence-corrected chi connectivity index (χ4v) is 7.50. The third-order valence-corrected chi connectivity index (χ3v) is 9.45. The number of rotatable bonds is 4. The highest BCUT2D eigenvalue weighted by Crippen LogP contribution is 2.45. The minimum atomic E-state index is -0.923. The average molecular weight is 588 g/mol. The smallest absolute Gasteiger partial charge is 0.319 e. The molecule has 1 saturated carbocycles. The lowest BCUT2D eigenvalue weighted by atomic mass is 9.95. The number of benzene rings is 2. The van der Waals surface area contributed by atoms with Crippen LogP contribution in [0.15, 0.2) is 24.3 Å². The molecule has 3 fully saturated rings. The van der Waals surface area contributed by atoms with Crippen LogP contribution in [0.5, 0.6) is 17.6 Å². The summed E-state index contributed by atoms with van der Waals surface area (Å²) in [4.78, 5) is 15.8. The third kappa shape index (κ3) is 4.07. The van der Waals surface area contributed by atoms with Crippen molar-refractivity contribution in [1.29, 1.82) is 0 Å². The molecule has 2 aromatic heterocycles. The summed E-state index contributed by atoms with van der Waals surface area (Å²) < 4.78 is 58.4. The largest absolute Gasteiger partial charge is 0.508 e. The Labute approximate surface area is 245 Å². The van der Waals surface area contributed by atoms with E-state index in [1.54, 1.807) is 0 Å². The molecular formula is C32H28F3N5O3. The molecule has 8 rings (SSSR count). The molecule has 0 radical (unpaired) electrons. The van der Waals surface area contributed by atoms with Gasteiger partial charge in [-0.1, -0.05) is 12.0 Å². The second-order valence-corrected chi connectivity index (χ2v) is 12.0. The van der Waals surface area contributed by atoms with E-state index in [1.807, 2.05) is 0 Å². The van der Waals surface area contributed by atoms with Crippen molar-refractivity contribution < 1.29 is 27.8 Å². The van der Waals surface area contributed by atoms with Gasteiger partial charge in [-0.2, -0.15) is 9.97 Å². The number of hydrogen-bond donors (Lipinski definition) is 2. The topological polar surface area (TPSA) is 92.6 Å². The molecule has 8 nitrogen and oxygen atoms in total. The van der Waals surface area contributed by atoms with Gasteiger partial charge in [-0.15, -0.1) is 6.42 Å².